The van der Waals surface area contributed by atoms with E-state index in [-0.39, 0.29) is 18.3 Å². The molecule has 0 radical (unpaired) electrons. The van der Waals surface area contributed by atoms with Crippen LogP contribution in [0.1, 0.15) is 17.3 Å². The number of benzene rings is 2. The Morgan fingerprint density at radius 3 is 2.64 bits per heavy atom. The second kappa shape index (κ2) is 6.99. The Hall–Kier alpha value is -1.78. The van der Waals surface area contributed by atoms with Gasteiger partial charge in [-0.2, -0.15) is 0 Å². The van der Waals surface area contributed by atoms with Gasteiger partial charge in [0.25, 0.3) is 5.91 Å². The number of piperazine rings is 1. The molecule has 0 bridgehead atoms. The number of nitrogens with zero attached hydrogens (tertiary/aromatic N) is 1. The third-order valence-corrected chi connectivity index (χ3v) is 3.99. The van der Waals surface area contributed by atoms with Crippen molar-refractivity contribution >= 4 is 29.1 Å². The highest BCUT2D eigenvalue weighted by atomic mass is 35.5. The third kappa shape index (κ3) is 3.03. The smallest absolute Gasteiger partial charge is 0.254 e. The average molecular weight is 321 g/mol. The van der Waals surface area contributed by atoms with E-state index >= 15 is 0 Å². The minimum atomic E-state index is 0. The highest BCUT2D eigenvalue weighted by Crippen LogP contribution is 2.29. The number of rotatable bonds is 2. The van der Waals surface area contributed by atoms with Crippen LogP contribution in [0.5, 0.6) is 5.75 Å². The Labute approximate surface area is 136 Å². The molecule has 4 nitrogen and oxygen atoms in total. The van der Waals surface area contributed by atoms with Crippen LogP contribution in [0, 0.1) is 0 Å². The average Bonchev–Trinajstić information content (AvgIpc) is 2.53. The number of carbonyl (C=O) groups is 1. The quantitative estimate of drug-likeness (QED) is 0.925. The molecule has 3 rings (SSSR count). The summed E-state index contributed by atoms with van der Waals surface area (Å²) in [5.74, 6) is 0.901. The van der Waals surface area contributed by atoms with Gasteiger partial charge in [0.05, 0.1) is 7.11 Å². The Kier molecular flexibility index (Phi) is 5.27. The van der Waals surface area contributed by atoms with E-state index in [1.165, 1.54) is 0 Å². The van der Waals surface area contributed by atoms with E-state index in [2.05, 4.69) is 12.2 Å². The lowest BCUT2D eigenvalue weighted by molar-refractivity contribution is 0.0711. The topological polar surface area (TPSA) is 41.6 Å². The highest BCUT2D eigenvalue weighted by molar-refractivity contribution is 6.08. The first-order valence-corrected chi connectivity index (χ1v) is 7.29. The third-order valence-electron chi connectivity index (χ3n) is 3.99. The van der Waals surface area contributed by atoms with Gasteiger partial charge in [0, 0.05) is 36.6 Å². The molecule has 0 saturated carbocycles. The first kappa shape index (κ1) is 16.6. The number of hydrogen-bond donors (Lipinski definition) is 1. The lowest BCUT2D eigenvalue weighted by atomic mass is 10.0. The first-order valence-electron chi connectivity index (χ1n) is 7.29. The van der Waals surface area contributed by atoms with Gasteiger partial charge in [-0.3, -0.25) is 4.79 Å². The van der Waals surface area contributed by atoms with Gasteiger partial charge < -0.3 is 15.0 Å². The summed E-state index contributed by atoms with van der Waals surface area (Å²) in [5, 5.41) is 5.29. The summed E-state index contributed by atoms with van der Waals surface area (Å²) in [6.07, 6.45) is 0. The normalized spacial score (nSPS) is 17.9. The van der Waals surface area contributed by atoms with Crippen molar-refractivity contribution in [2.45, 2.75) is 13.0 Å². The van der Waals surface area contributed by atoms with Gasteiger partial charge in [-0.25, -0.2) is 0 Å². The number of methoxy groups -OCH3 is 1. The summed E-state index contributed by atoms with van der Waals surface area (Å²) < 4.78 is 5.39. The Morgan fingerprint density at radius 1 is 1.23 bits per heavy atom. The molecule has 1 aliphatic heterocycles. The Bertz CT molecular complexity index is 675. The molecule has 1 N–H and O–H groups in total. The van der Waals surface area contributed by atoms with Crippen molar-refractivity contribution in [3.63, 3.8) is 0 Å². The molecule has 5 heteroatoms. The number of fused-ring (bicyclic) bond motifs is 1. The maximum atomic E-state index is 12.8. The van der Waals surface area contributed by atoms with Gasteiger partial charge in [-0.1, -0.05) is 24.3 Å². The van der Waals surface area contributed by atoms with Crippen LogP contribution in [0.4, 0.5) is 0 Å². The Morgan fingerprint density at radius 2 is 1.95 bits per heavy atom. The van der Waals surface area contributed by atoms with E-state index < -0.39 is 0 Å². The fourth-order valence-corrected chi connectivity index (χ4v) is 2.92. The van der Waals surface area contributed by atoms with E-state index in [1.807, 2.05) is 41.3 Å². The molecule has 0 aliphatic carbocycles. The molecule has 1 atom stereocenters. The van der Waals surface area contributed by atoms with Gasteiger partial charge >= 0.3 is 0 Å². The van der Waals surface area contributed by atoms with Gasteiger partial charge in [0.1, 0.15) is 5.75 Å². The molecule has 22 heavy (non-hydrogen) atoms. The molecule has 1 amide bonds. The van der Waals surface area contributed by atoms with Gasteiger partial charge in [-0.15, -0.1) is 12.4 Å². The van der Waals surface area contributed by atoms with Crippen LogP contribution in [0.2, 0.25) is 0 Å². The van der Waals surface area contributed by atoms with E-state index in [1.54, 1.807) is 7.11 Å². The molecule has 2 aromatic carbocycles. The number of halogens is 1. The van der Waals surface area contributed by atoms with Crippen LogP contribution in [0.3, 0.4) is 0 Å². The van der Waals surface area contributed by atoms with Crippen LogP contribution in [0.15, 0.2) is 36.4 Å². The molecule has 118 valence electrons. The molecule has 1 fully saturated rings. The van der Waals surface area contributed by atoms with E-state index in [4.69, 9.17) is 4.74 Å². The lowest BCUT2D eigenvalue weighted by Gasteiger charge is -2.32. The van der Waals surface area contributed by atoms with Crippen molar-refractivity contribution in [3.05, 3.63) is 42.0 Å². The van der Waals surface area contributed by atoms with Crippen molar-refractivity contribution in [1.82, 2.24) is 10.2 Å². The monoisotopic (exact) mass is 320 g/mol. The highest BCUT2D eigenvalue weighted by Gasteiger charge is 2.23. The van der Waals surface area contributed by atoms with E-state index in [9.17, 15) is 4.79 Å². The van der Waals surface area contributed by atoms with Crippen LogP contribution in [-0.2, 0) is 0 Å². The van der Waals surface area contributed by atoms with Crippen molar-refractivity contribution < 1.29 is 9.53 Å². The van der Waals surface area contributed by atoms with Crippen LogP contribution in [0.25, 0.3) is 10.8 Å². The predicted molar refractivity (Wildman–Crippen MR) is 91.1 cm³/mol. The molecule has 0 aromatic heterocycles. The van der Waals surface area contributed by atoms with Crippen molar-refractivity contribution in [3.8, 4) is 5.75 Å². The Balaban J connectivity index is 0.00000176. The minimum Gasteiger partial charge on any atom is -0.496 e. The fraction of sp³-hybridized carbons (Fsp3) is 0.353. The second-order valence-corrected chi connectivity index (χ2v) is 5.47. The van der Waals surface area contributed by atoms with Gasteiger partial charge in [-0.05, 0) is 24.4 Å². The first-order chi connectivity index (χ1) is 10.2. The molecule has 1 aliphatic rings. The summed E-state index contributed by atoms with van der Waals surface area (Å²) >= 11 is 0. The molecule has 2 aromatic rings. The molecule has 1 heterocycles. The molecule has 1 saturated heterocycles. The summed E-state index contributed by atoms with van der Waals surface area (Å²) in [5.41, 5.74) is 0.750. The summed E-state index contributed by atoms with van der Waals surface area (Å²) in [6, 6.07) is 12.0. The fourth-order valence-electron chi connectivity index (χ4n) is 2.92. The minimum absolute atomic E-state index is 0. The van der Waals surface area contributed by atoms with Crippen molar-refractivity contribution in [2.75, 3.05) is 26.7 Å². The number of hydrogen-bond acceptors (Lipinski definition) is 3. The standard InChI is InChI=1S/C17H20N2O2.ClH/c1-12-11-19(10-9-18-12)17(20)15-7-8-16(21-2)14-6-4-3-5-13(14)15;/h3-8,12,18H,9-11H2,1-2H3;1H. The molecule has 1 unspecified atom stereocenters. The summed E-state index contributed by atoms with van der Waals surface area (Å²) in [6.45, 7) is 4.45. The second-order valence-electron chi connectivity index (χ2n) is 5.47. The zero-order valence-corrected chi connectivity index (χ0v) is 13.7. The van der Waals surface area contributed by atoms with Crippen molar-refractivity contribution in [2.24, 2.45) is 0 Å². The van der Waals surface area contributed by atoms with Gasteiger partial charge in [0.15, 0.2) is 0 Å². The molecular weight excluding hydrogens is 300 g/mol. The van der Waals surface area contributed by atoms with Crippen LogP contribution in [-0.4, -0.2) is 43.6 Å². The predicted octanol–water partition coefficient (Wildman–Crippen LogP) is 2.70. The lowest BCUT2D eigenvalue weighted by Crippen LogP contribution is -2.51. The van der Waals surface area contributed by atoms with Crippen LogP contribution < -0.4 is 10.1 Å². The summed E-state index contributed by atoms with van der Waals surface area (Å²) in [4.78, 5) is 14.7. The number of ether oxygens (including phenoxy) is 1. The zero-order valence-electron chi connectivity index (χ0n) is 12.8. The van der Waals surface area contributed by atoms with E-state index in [0.717, 1.165) is 41.7 Å². The van der Waals surface area contributed by atoms with Crippen LogP contribution >= 0.6 is 12.4 Å². The van der Waals surface area contributed by atoms with E-state index in [0.29, 0.717) is 6.04 Å². The summed E-state index contributed by atoms with van der Waals surface area (Å²) in [7, 11) is 1.65. The molecule has 0 spiro atoms. The number of carbonyl (C=O) groups excluding carboxylic acids is 1. The molecular formula is C17H21ClN2O2. The maximum Gasteiger partial charge on any atom is 0.254 e. The SMILES string of the molecule is COc1ccc(C(=O)N2CCNC(C)C2)c2ccccc12.Cl. The maximum absolute atomic E-state index is 12.8. The number of amides is 1. The largest absolute Gasteiger partial charge is 0.496 e. The number of nitrogens with one attached hydrogen (secondary N) is 1. The van der Waals surface area contributed by atoms with Crippen molar-refractivity contribution in [1.29, 1.82) is 0 Å². The zero-order chi connectivity index (χ0) is 14.8. The van der Waals surface area contributed by atoms with Gasteiger partial charge in [0.2, 0.25) is 0 Å².